The molecule has 0 atom stereocenters. The number of thiophene rings is 1. The number of hydrogen-bond donors (Lipinski definition) is 1. The molecule has 23 heavy (non-hydrogen) atoms. The number of halogens is 1. The standard InChI is InChI=1S/C15H12ClNO5S/c1-21-14(19)8-5-9(15(20)22-2)7-10(6-8)17-13(18)11-3-4-12(16)23-11/h3-7H,1-2H3,(H,17,18). The van der Waals surface area contributed by atoms with Gasteiger partial charge < -0.3 is 14.8 Å². The molecule has 1 heterocycles. The van der Waals surface area contributed by atoms with Crippen LogP contribution < -0.4 is 5.32 Å². The summed E-state index contributed by atoms with van der Waals surface area (Å²) in [7, 11) is 2.44. The van der Waals surface area contributed by atoms with Gasteiger partial charge in [0.25, 0.3) is 5.91 Å². The Labute approximate surface area is 141 Å². The van der Waals surface area contributed by atoms with E-state index in [1.807, 2.05) is 0 Å². The zero-order chi connectivity index (χ0) is 17.0. The van der Waals surface area contributed by atoms with Crippen molar-refractivity contribution in [2.24, 2.45) is 0 Å². The first-order valence-corrected chi connectivity index (χ1v) is 7.52. The van der Waals surface area contributed by atoms with Crippen LogP contribution in [0.25, 0.3) is 0 Å². The minimum absolute atomic E-state index is 0.120. The van der Waals surface area contributed by atoms with E-state index in [0.29, 0.717) is 9.21 Å². The number of rotatable bonds is 4. The van der Waals surface area contributed by atoms with Crippen molar-refractivity contribution >= 4 is 46.5 Å². The SMILES string of the molecule is COC(=O)c1cc(NC(=O)c2ccc(Cl)s2)cc(C(=O)OC)c1. The molecule has 0 spiro atoms. The second-order valence-corrected chi connectivity index (χ2v) is 6.06. The van der Waals surface area contributed by atoms with Crippen molar-refractivity contribution < 1.29 is 23.9 Å². The maximum Gasteiger partial charge on any atom is 0.337 e. The third-order valence-corrected chi connectivity index (χ3v) is 4.06. The summed E-state index contributed by atoms with van der Waals surface area (Å²) in [6, 6.07) is 7.33. The molecule has 0 aliphatic carbocycles. The number of esters is 2. The van der Waals surface area contributed by atoms with Gasteiger partial charge in [-0.25, -0.2) is 9.59 Å². The summed E-state index contributed by atoms with van der Waals surface area (Å²) < 4.78 is 9.75. The Morgan fingerprint density at radius 1 is 1.00 bits per heavy atom. The topological polar surface area (TPSA) is 81.7 Å². The van der Waals surface area contributed by atoms with Gasteiger partial charge in [-0.3, -0.25) is 4.79 Å². The maximum absolute atomic E-state index is 12.1. The molecular weight excluding hydrogens is 342 g/mol. The molecule has 0 radical (unpaired) electrons. The van der Waals surface area contributed by atoms with Crippen LogP contribution in [0.3, 0.4) is 0 Å². The highest BCUT2D eigenvalue weighted by Gasteiger charge is 2.16. The molecule has 2 aromatic rings. The van der Waals surface area contributed by atoms with Crippen molar-refractivity contribution in [2.75, 3.05) is 19.5 Å². The monoisotopic (exact) mass is 353 g/mol. The smallest absolute Gasteiger partial charge is 0.337 e. The molecule has 1 amide bonds. The third-order valence-electron chi connectivity index (χ3n) is 2.83. The first-order chi connectivity index (χ1) is 10.9. The number of hydrogen-bond acceptors (Lipinski definition) is 6. The van der Waals surface area contributed by atoms with Crippen molar-refractivity contribution in [3.63, 3.8) is 0 Å². The lowest BCUT2D eigenvalue weighted by Crippen LogP contribution is -2.13. The predicted octanol–water partition coefficient (Wildman–Crippen LogP) is 3.23. The lowest BCUT2D eigenvalue weighted by atomic mass is 10.1. The highest BCUT2D eigenvalue weighted by molar-refractivity contribution is 7.18. The van der Waals surface area contributed by atoms with Gasteiger partial charge in [0.1, 0.15) is 0 Å². The molecule has 0 saturated heterocycles. The fourth-order valence-electron chi connectivity index (χ4n) is 1.80. The van der Waals surface area contributed by atoms with E-state index in [-0.39, 0.29) is 16.8 Å². The first-order valence-electron chi connectivity index (χ1n) is 6.33. The Hall–Kier alpha value is -2.38. The Bertz CT molecular complexity index is 737. The van der Waals surface area contributed by atoms with Gasteiger partial charge in [-0.15, -0.1) is 11.3 Å². The van der Waals surface area contributed by atoms with Crippen molar-refractivity contribution in [1.29, 1.82) is 0 Å². The van der Waals surface area contributed by atoms with Crippen LogP contribution in [-0.4, -0.2) is 32.1 Å². The van der Waals surface area contributed by atoms with Gasteiger partial charge in [0.2, 0.25) is 0 Å². The summed E-state index contributed by atoms with van der Waals surface area (Å²) in [4.78, 5) is 35.9. The number of nitrogens with one attached hydrogen (secondary N) is 1. The molecule has 0 bridgehead atoms. The molecule has 0 fully saturated rings. The van der Waals surface area contributed by atoms with E-state index < -0.39 is 17.8 Å². The Morgan fingerprint density at radius 2 is 1.57 bits per heavy atom. The summed E-state index contributed by atoms with van der Waals surface area (Å²) in [5, 5.41) is 2.61. The average Bonchev–Trinajstić information content (AvgIpc) is 2.99. The van der Waals surface area contributed by atoms with Crippen molar-refractivity contribution in [3.8, 4) is 0 Å². The second-order valence-electron chi connectivity index (χ2n) is 4.34. The largest absolute Gasteiger partial charge is 0.465 e. The summed E-state index contributed by atoms with van der Waals surface area (Å²) in [5.41, 5.74) is 0.507. The second kappa shape index (κ2) is 7.26. The van der Waals surface area contributed by atoms with Crippen LogP contribution in [0, 0.1) is 0 Å². The van der Waals surface area contributed by atoms with Gasteiger partial charge in [0.05, 0.1) is 34.6 Å². The molecule has 1 aromatic carbocycles. The molecule has 2 rings (SSSR count). The Morgan fingerprint density at radius 3 is 2.00 bits per heavy atom. The van der Waals surface area contributed by atoms with Crippen LogP contribution in [0.1, 0.15) is 30.4 Å². The number of ether oxygens (including phenoxy) is 2. The van der Waals surface area contributed by atoms with E-state index in [0.717, 1.165) is 11.3 Å². The van der Waals surface area contributed by atoms with Crippen LogP contribution in [0.5, 0.6) is 0 Å². The van der Waals surface area contributed by atoms with Crippen molar-refractivity contribution in [2.45, 2.75) is 0 Å². The first kappa shape index (κ1) is 17.0. The fourth-order valence-corrected chi connectivity index (χ4v) is 2.74. The van der Waals surface area contributed by atoms with Crippen LogP contribution in [-0.2, 0) is 9.47 Å². The Balaban J connectivity index is 2.34. The highest BCUT2D eigenvalue weighted by atomic mass is 35.5. The summed E-state index contributed by atoms with van der Waals surface area (Å²) in [6.07, 6.45) is 0. The van der Waals surface area contributed by atoms with E-state index in [9.17, 15) is 14.4 Å². The van der Waals surface area contributed by atoms with Crippen LogP contribution in [0.15, 0.2) is 30.3 Å². The molecule has 0 aliphatic heterocycles. The quantitative estimate of drug-likeness (QED) is 0.853. The van der Waals surface area contributed by atoms with Crippen molar-refractivity contribution in [3.05, 3.63) is 50.7 Å². The number of amides is 1. The van der Waals surface area contributed by atoms with Crippen LogP contribution in [0.4, 0.5) is 5.69 Å². The zero-order valence-electron chi connectivity index (χ0n) is 12.2. The van der Waals surface area contributed by atoms with E-state index in [1.165, 1.54) is 32.4 Å². The van der Waals surface area contributed by atoms with Crippen molar-refractivity contribution in [1.82, 2.24) is 0 Å². The molecule has 6 nitrogen and oxygen atoms in total. The van der Waals surface area contributed by atoms with E-state index in [1.54, 1.807) is 12.1 Å². The number of benzene rings is 1. The fraction of sp³-hybridized carbons (Fsp3) is 0.133. The summed E-state index contributed by atoms with van der Waals surface area (Å²) >= 11 is 6.91. The maximum atomic E-state index is 12.1. The molecule has 0 unspecified atom stereocenters. The van der Waals surface area contributed by atoms with Gasteiger partial charge in [0, 0.05) is 5.69 Å². The number of carbonyl (C=O) groups excluding carboxylic acids is 3. The minimum Gasteiger partial charge on any atom is -0.465 e. The molecule has 0 aliphatic rings. The normalized spacial score (nSPS) is 10.0. The van der Waals surface area contributed by atoms with Gasteiger partial charge >= 0.3 is 11.9 Å². The number of carbonyl (C=O) groups is 3. The lowest BCUT2D eigenvalue weighted by molar-refractivity contribution is 0.0599. The van der Waals surface area contributed by atoms with Gasteiger partial charge in [-0.2, -0.15) is 0 Å². The number of methoxy groups -OCH3 is 2. The highest BCUT2D eigenvalue weighted by Crippen LogP contribution is 2.23. The van der Waals surface area contributed by atoms with E-state index in [2.05, 4.69) is 14.8 Å². The average molecular weight is 354 g/mol. The summed E-state index contributed by atoms with van der Waals surface area (Å²) in [5.74, 6) is -1.67. The summed E-state index contributed by atoms with van der Waals surface area (Å²) in [6.45, 7) is 0. The number of anilines is 1. The van der Waals surface area contributed by atoms with E-state index in [4.69, 9.17) is 11.6 Å². The van der Waals surface area contributed by atoms with Gasteiger partial charge in [-0.1, -0.05) is 11.6 Å². The third kappa shape index (κ3) is 4.08. The van der Waals surface area contributed by atoms with Gasteiger partial charge in [-0.05, 0) is 30.3 Å². The van der Waals surface area contributed by atoms with Crippen LogP contribution in [0.2, 0.25) is 4.34 Å². The van der Waals surface area contributed by atoms with Gasteiger partial charge in [0.15, 0.2) is 0 Å². The molecular formula is C15H12ClNO5S. The van der Waals surface area contributed by atoms with E-state index >= 15 is 0 Å². The molecule has 0 saturated carbocycles. The predicted molar refractivity (Wildman–Crippen MR) is 86.4 cm³/mol. The van der Waals surface area contributed by atoms with Crippen LogP contribution >= 0.6 is 22.9 Å². The molecule has 1 N–H and O–H groups in total. The molecule has 1 aromatic heterocycles. The lowest BCUT2D eigenvalue weighted by Gasteiger charge is -2.09. The zero-order valence-corrected chi connectivity index (χ0v) is 13.8. The molecule has 120 valence electrons. The molecule has 8 heteroatoms. The minimum atomic E-state index is -0.634. The Kier molecular flexibility index (Phi) is 5.36.